The molecular weight excluding hydrogens is 380 g/mol. The molecule has 0 N–H and O–H groups in total. The number of hydrogen-bond acceptors (Lipinski definition) is 3. The third-order valence-electron chi connectivity index (χ3n) is 3.20. The summed E-state index contributed by atoms with van der Waals surface area (Å²) in [7, 11) is 0. The number of hydrogen-bond donors (Lipinski definition) is 0. The topological polar surface area (TPSA) is 20.3 Å². The van der Waals surface area contributed by atoms with Crippen molar-refractivity contribution < 1.29 is 13.6 Å². The highest BCUT2D eigenvalue weighted by atomic mass is 79.9. The molecule has 1 aromatic carbocycles. The van der Waals surface area contributed by atoms with E-state index in [0.717, 1.165) is 8.66 Å². The third kappa shape index (κ3) is 3.00. The molecule has 0 aliphatic carbocycles. The zero-order valence-electron chi connectivity index (χ0n) is 10.7. The van der Waals surface area contributed by atoms with Crippen LogP contribution in [0.5, 0.6) is 0 Å². The summed E-state index contributed by atoms with van der Waals surface area (Å²) < 4.78 is 28.5. The first-order chi connectivity index (χ1) is 10.1. The molecule has 110 valence electrons. The predicted octanol–water partition coefficient (Wildman–Crippen LogP) is 4.56. The lowest BCUT2D eigenvalue weighted by atomic mass is 10.2. The Bertz CT molecular complexity index is 671. The molecule has 1 aliphatic rings. The lowest BCUT2D eigenvalue weighted by Gasteiger charge is -2.23. The van der Waals surface area contributed by atoms with E-state index in [1.807, 2.05) is 12.1 Å². The summed E-state index contributed by atoms with van der Waals surface area (Å²) in [5, 5.41) is -0.187. The van der Waals surface area contributed by atoms with E-state index >= 15 is 0 Å². The van der Waals surface area contributed by atoms with E-state index in [-0.39, 0.29) is 23.4 Å². The van der Waals surface area contributed by atoms with E-state index in [9.17, 15) is 13.6 Å². The maximum absolute atomic E-state index is 13.8. The molecule has 1 saturated heterocycles. The molecule has 2 nitrogen and oxygen atoms in total. The summed E-state index contributed by atoms with van der Waals surface area (Å²) in [6.45, 7) is -0.0511. The van der Waals surface area contributed by atoms with Gasteiger partial charge >= 0.3 is 0 Å². The second-order valence-corrected chi connectivity index (χ2v) is 8.09. The SMILES string of the molecule is O=C1CSC(c2ccc(Br)s2)N1Cc1c(F)cccc1F. The van der Waals surface area contributed by atoms with Crippen molar-refractivity contribution in [1.82, 2.24) is 4.90 Å². The van der Waals surface area contributed by atoms with Crippen LogP contribution >= 0.6 is 39.0 Å². The van der Waals surface area contributed by atoms with Gasteiger partial charge in [-0.1, -0.05) is 6.07 Å². The number of nitrogens with zero attached hydrogens (tertiary/aromatic N) is 1. The van der Waals surface area contributed by atoms with Gasteiger partial charge in [0.1, 0.15) is 17.0 Å². The van der Waals surface area contributed by atoms with Crippen LogP contribution in [-0.4, -0.2) is 16.6 Å². The molecule has 1 aliphatic heterocycles. The van der Waals surface area contributed by atoms with Gasteiger partial charge in [0.2, 0.25) is 5.91 Å². The average Bonchev–Trinajstić information content (AvgIpc) is 3.01. The average molecular weight is 390 g/mol. The maximum Gasteiger partial charge on any atom is 0.234 e. The van der Waals surface area contributed by atoms with Crippen LogP contribution in [0, 0.1) is 11.6 Å². The largest absolute Gasteiger partial charge is 0.320 e. The van der Waals surface area contributed by atoms with E-state index in [1.54, 1.807) is 0 Å². The Balaban J connectivity index is 1.90. The predicted molar refractivity (Wildman–Crippen MR) is 84.1 cm³/mol. The van der Waals surface area contributed by atoms with Crippen LogP contribution in [0.3, 0.4) is 0 Å². The molecular formula is C14H10BrF2NOS2. The van der Waals surface area contributed by atoms with E-state index < -0.39 is 11.6 Å². The highest BCUT2D eigenvalue weighted by Gasteiger charge is 2.34. The summed E-state index contributed by atoms with van der Waals surface area (Å²) in [5.41, 5.74) is -0.0611. The minimum atomic E-state index is -0.620. The Morgan fingerprint density at radius 2 is 1.95 bits per heavy atom. The van der Waals surface area contributed by atoms with Crippen molar-refractivity contribution in [3.05, 3.63) is 56.2 Å². The van der Waals surface area contributed by atoms with E-state index in [0.29, 0.717) is 5.75 Å². The van der Waals surface area contributed by atoms with Crippen LogP contribution in [0.15, 0.2) is 34.1 Å². The lowest BCUT2D eigenvalue weighted by molar-refractivity contribution is -0.128. The molecule has 1 aromatic heterocycles. The molecule has 0 saturated carbocycles. The molecule has 2 heterocycles. The van der Waals surface area contributed by atoms with Crippen molar-refractivity contribution in [3.63, 3.8) is 0 Å². The highest BCUT2D eigenvalue weighted by molar-refractivity contribution is 9.11. The van der Waals surface area contributed by atoms with Crippen molar-refractivity contribution in [2.75, 3.05) is 5.75 Å². The van der Waals surface area contributed by atoms with Crippen LogP contribution in [0.1, 0.15) is 15.8 Å². The first-order valence-corrected chi connectivity index (χ1v) is 8.81. The molecule has 21 heavy (non-hydrogen) atoms. The van der Waals surface area contributed by atoms with Crippen LogP contribution in [-0.2, 0) is 11.3 Å². The zero-order chi connectivity index (χ0) is 15.0. The number of benzene rings is 1. The Morgan fingerprint density at radius 1 is 1.24 bits per heavy atom. The minimum Gasteiger partial charge on any atom is -0.320 e. The van der Waals surface area contributed by atoms with E-state index in [4.69, 9.17) is 0 Å². The summed E-state index contributed by atoms with van der Waals surface area (Å²) in [4.78, 5) is 14.6. The molecule has 1 unspecified atom stereocenters. The number of halogens is 3. The van der Waals surface area contributed by atoms with Gasteiger partial charge in [-0.05, 0) is 40.2 Å². The lowest BCUT2D eigenvalue weighted by Crippen LogP contribution is -2.28. The normalized spacial score (nSPS) is 18.5. The Kier molecular flexibility index (Phi) is 4.33. The number of carbonyl (C=O) groups is 1. The first kappa shape index (κ1) is 15.0. The summed E-state index contributed by atoms with van der Waals surface area (Å²) >= 11 is 6.39. The van der Waals surface area contributed by atoms with Crippen LogP contribution in [0.2, 0.25) is 0 Å². The van der Waals surface area contributed by atoms with Crippen molar-refractivity contribution in [2.24, 2.45) is 0 Å². The number of thioether (sulfide) groups is 1. The second kappa shape index (κ2) is 6.06. The van der Waals surface area contributed by atoms with Crippen LogP contribution in [0.25, 0.3) is 0 Å². The van der Waals surface area contributed by atoms with Crippen LogP contribution in [0.4, 0.5) is 8.78 Å². The fourth-order valence-corrected chi connectivity index (χ4v) is 5.02. The molecule has 2 aromatic rings. The first-order valence-electron chi connectivity index (χ1n) is 6.15. The van der Waals surface area contributed by atoms with Gasteiger partial charge in [-0.2, -0.15) is 0 Å². The maximum atomic E-state index is 13.8. The fraction of sp³-hybridized carbons (Fsp3) is 0.214. The molecule has 0 spiro atoms. The Hall–Kier alpha value is -0.920. The van der Waals surface area contributed by atoms with Crippen molar-refractivity contribution >= 4 is 44.9 Å². The van der Waals surface area contributed by atoms with Gasteiger partial charge in [0.15, 0.2) is 0 Å². The standard InChI is InChI=1S/C14H10BrF2NOS2/c15-12-5-4-11(21-12)14-18(13(19)7-20-14)6-8-9(16)2-1-3-10(8)17/h1-5,14H,6-7H2. The van der Waals surface area contributed by atoms with Crippen LogP contribution < -0.4 is 0 Å². The Labute approximate surface area is 137 Å². The van der Waals surface area contributed by atoms with Gasteiger partial charge in [0, 0.05) is 10.4 Å². The summed E-state index contributed by atoms with van der Waals surface area (Å²) in [5.74, 6) is -1.01. The number of thiophene rings is 1. The highest BCUT2D eigenvalue weighted by Crippen LogP contribution is 2.43. The van der Waals surface area contributed by atoms with Crippen molar-refractivity contribution in [2.45, 2.75) is 11.9 Å². The number of rotatable bonds is 3. The van der Waals surface area contributed by atoms with E-state index in [2.05, 4.69) is 15.9 Å². The monoisotopic (exact) mass is 389 g/mol. The van der Waals surface area contributed by atoms with E-state index in [1.165, 1.54) is 46.2 Å². The zero-order valence-corrected chi connectivity index (χ0v) is 13.9. The quantitative estimate of drug-likeness (QED) is 0.766. The molecule has 0 bridgehead atoms. The molecule has 1 atom stereocenters. The molecule has 7 heteroatoms. The van der Waals surface area contributed by atoms with Gasteiger partial charge in [0.25, 0.3) is 0 Å². The Morgan fingerprint density at radius 3 is 2.57 bits per heavy atom. The number of carbonyl (C=O) groups excluding carboxylic acids is 1. The van der Waals surface area contributed by atoms with Crippen molar-refractivity contribution in [1.29, 1.82) is 0 Å². The van der Waals surface area contributed by atoms with Crippen molar-refractivity contribution in [3.8, 4) is 0 Å². The number of amides is 1. The van der Waals surface area contributed by atoms with Gasteiger partial charge < -0.3 is 4.90 Å². The van der Waals surface area contributed by atoms with Gasteiger partial charge in [-0.3, -0.25) is 4.79 Å². The smallest absolute Gasteiger partial charge is 0.234 e. The van der Waals surface area contributed by atoms with Gasteiger partial charge in [0.05, 0.1) is 16.1 Å². The molecule has 1 fully saturated rings. The third-order valence-corrected chi connectivity index (χ3v) is 6.26. The van der Waals surface area contributed by atoms with Gasteiger partial charge in [-0.25, -0.2) is 8.78 Å². The summed E-state index contributed by atoms with van der Waals surface area (Å²) in [6.07, 6.45) is 0. The fourth-order valence-electron chi connectivity index (χ4n) is 2.18. The summed E-state index contributed by atoms with van der Waals surface area (Å²) in [6, 6.07) is 7.58. The molecule has 3 rings (SSSR count). The minimum absolute atomic E-state index is 0.0511. The molecule has 1 amide bonds. The van der Waals surface area contributed by atoms with Gasteiger partial charge in [-0.15, -0.1) is 23.1 Å². The second-order valence-electron chi connectivity index (χ2n) is 4.53. The molecule has 0 radical (unpaired) electrons.